The summed E-state index contributed by atoms with van der Waals surface area (Å²) < 4.78 is 5.39. The lowest BCUT2D eigenvalue weighted by atomic mass is 10.0. The summed E-state index contributed by atoms with van der Waals surface area (Å²) in [4.78, 5) is 11.9. The summed E-state index contributed by atoms with van der Waals surface area (Å²) in [6.07, 6.45) is 7.69. The summed E-state index contributed by atoms with van der Waals surface area (Å²) in [7, 11) is 0. The van der Waals surface area contributed by atoms with Gasteiger partial charge in [0.15, 0.2) is 5.66 Å². The highest BCUT2D eigenvalue weighted by Crippen LogP contribution is 2.37. The average Bonchev–Trinajstić information content (AvgIpc) is 3.16. The van der Waals surface area contributed by atoms with Crippen molar-refractivity contribution < 1.29 is 9.53 Å². The summed E-state index contributed by atoms with van der Waals surface area (Å²) in [5.41, 5.74) is 3.17. The number of hydrogen-bond acceptors (Lipinski definition) is 4. The number of benzene rings is 1. The maximum Gasteiger partial charge on any atom is 0.220 e. The van der Waals surface area contributed by atoms with E-state index in [1.807, 2.05) is 6.07 Å². The standard InChI is InChI=1S/C17H19N3O2/c1-2-3-7-17(19-20-17)8-6-16(21)18-10-13-4-5-14-11-22-12-15(14)9-13/h1,4-5,9H,3,6-8,10-12H2,(H,18,21). The fourth-order valence-electron chi connectivity index (χ4n) is 2.61. The average molecular weight is 297 g/mol. The molecule has 5 nitrogen and oxygen atoms in total. The maximum atomic E-state index is 11.9. The number of amides is 1. The Morgan fingerprint density at radius 2 is 2.14 bits per heavy atom. The smallest absolute Gasteiger partial charge is 0.220 e. The second-order valence-electron chi connectivity index (χ2n) is 5.76. The molecule has 0 unspecified atom stereocenters. The Bertz CT molecular complexity index is 640. The Kier molecular flexibility index (Phi) is 4.21. The Morgan fingerprint density at radius 3 is 2.91 bits per heavy atom. The van der Waals surface area contributed by atoms with E-state index in [4.69, 9.17) is 11.2 Å². The molecule has 0 saturated heterocycles. The van der Waals surface area contributed by atoms with E-state index >= 15 is 0 Å². The second-order valence-corrected chi connectivity index (χ2v) is 5.76. The number of carbonyl (C=O) groups is 1. The fraction of sp³-hybridized carbons (Fsp3) is 0.471. The lowest BCUT2D eigenvalue weighted by molar-refractivity contribution is -0.121. The minimum atomic E-state index is -0.380. The molecular weight excluding hydrogens is 278 g/mol. The molecule has 0 aliphatic carbocycles. The summed E-state index contributed by atoms with van der Waals surface area (Å²) in [6.45, 7) is 1.89. The van der Waals surface area contributed by atoms with Crippen LogP contribution in [0.2, 0.25) is 0 Å². The van der Waals surface area contributed by atoms with Crippen molar-refractivity contribution in [3.05, 3.63) is 34.9 Å². The van der Waals surface area contributed by atoms with Gasteiger partial charge >= 0.3 is 0 Å². The molecule has 0 spiro atoms. The largest absolute Gasteiger partial charge is 0.372 e. The Balaban J connectivity index is 1.42. The number of rotatable bonds is 7. The van der Waals surface area contributed by atoms with Crippen LogP contribution in [0.5, 0.6) is 0 Å². The number of terminal acetylenes is 1. The van der Waals surface area contributed by atoms with E-state index in [1.165, 1.54) is 11.1 Å². The maximum absolute atomic E-state index is 11.9. The summed E-state index contributed by atoms with van der Waals surface area (Å²) in [5.74, 6) is 2.61. The van der Waals surface area contributed by atoms with Crippen molar-refractivity contribution in [1.29, 1.82) is 0 Å². The molecule has 2 aliphatic heterocycles. The van der Waals surface area contributed by atoms with Crippen molar-refractivity contribution in [2.24, 2.45) is 10.2 Å². The van der Waals surface area contributed by atoms with Crippen molar-refractivity contribution in [2.45, 2.75) is 51.1 Å². The van der Waals surface area contributed by atoms with Crippen LogP contribution in [0.4, 0.5) is 0 Å². The van der Waals surface area contributed by atoms with Gasteiger partial charge in [-0.25, -0.2) is 0 Å². The monoisotopic (exact) mass is 297 g/mol. The van der Waals surface area contributed by atoms with Gasteiger partial charge in [-0.2, -0.15) is 10.2 Å². The highest BCUT2D eigenvalue weighted by Gasteiger charge is 2.39. The molecule has 22 heavy (non-hydrogen) atoms. The quantitative estimate of drug-likeness (QED) is 0.786. The Hall–Kier alpha value is -2.19. The summed E-state index contributed by atoms with van der Waals surface area (Å²) in [5, 5.41) is 11.0. The van der Waals surface area contributed by atoms with Gasteiger partial charge in [-0.05, 0) is 16.7 Å². The SMILES string of the molecule is C#CCCC1(CCC(=O)NCc2ccc3c(c2)COC3)N=N1. The second kappa shape index (κ2) is 6.29. The molecule has 0 atom stereocenters. The zero-order valence-electron chi connectivity index (χ0n) is 12.5. The van der Waals surface area contributed by atoms with Crippen LogP contribution in [0.1, 0.15) is 42.4 Å². The van der Waals surface area contributed by atoms with Crippen LogP contribution >= 0.6 is 0 Å². The van der Waals surface area contributed by atoms with E-state index in [0.29, 0.717) is 39.0 Å². The molecule has 0 radical (unpaired) electrons. The van der Waals surface area contributed by atoms with Crippen LogP contribution in [-0.4, -0.2) is 11.6 Å². The van der Waals surface area contributed by atoms with Crippen LogP contribution in [0, 0.1) is 12.3 Å². The van der Waals surface area contributed by atoms with Gasteiger partial charge in [0.05, 0.1) is 13.2 Å². The first-order chi connectivity index (χ1) is 10.7. The van der Waals surface area contributed by atoms with Gasteiger partial charge in [0.1, 0.15) is 0 Å². The zero-order valence-corrected chi connectivity index (χ0v) is 12.5. The molecule has 0 bridgehead atoms. The van der Waals surface area contributed by atoms with Crippen molar-refractivity contribution >= 4 is 5.91 Å². The molecular formula is C17H19N3O2. The third-order valence-corrected chi connectivity index (χ3v) is 4.08. The minimum absolute atomic E-state index is 0.0223. The van der Waals surface area contributed by atoms with Gasteiger partial charge in [-0.15, -0.1) is 12.3 Å². The van der Waals surface area contributed by atoms with Crippen LogP contribution < -0.4 is 5.32 Å². The molecule has 1 amide bonds. The van der Waals surface area contributed by atoms with Gasteiger partial charge in [-0.1, -0.05) is 18.2 Å². The number of carbonyl (C=O) groups excluding carboxylic acids is 1. The van der Waals surface area contributed by atoms with Crippen LogP contribution in [0.25, 0.3) is 0 Å². The summed E-state index contributed by atoms with van der Waals surface area (Å²) in [6, 6.07) is 6.21. The predicted octanol–water partition coefficient (Wildman–Crippen LogP) is 2.69. The van der Waals surface area contributed by atoms with Crippen LogP contribution in [-0.2, 0) is 29.3 Å². The first-order valence-electron chi connectivity index (χ1n) is 7.53. The van der Waals surface area contributed by atoms with Crippen molar-refractivity contribution in [1.82, 2.24) is 5.32 Å². The first-order valence-corrected chi connectivity index (χ1v) is 7.53. The van der Waals surface area contributed by atoms with Gasteiger partial charge in [0.25, 0.3) is 0 Å². The van der Waals surface area contributed by atoms with Gasteiger partial charge in [0, 0.05) is 32.2 Å². The van der Waals surface area contributed by atoms with E-state index in [0.717, 1.165) is 12.0 Å². The zero-order chi connectivity index (χ0) is 15.4. The van der Waals surface area contributed by atoms with Crippen molar-refractivity contribution in [2.75, 3.05) is 0 Å². The highest BCUT2D eigenvalue weighted by molar-refractivity contribution is 5.76. The molecule has 2 aliphatic rings. The van der Waals surface area contributed by atoms with E-state index in [-0.39, 0.29) is 11.6 Å². The lowest BCUT2D eigenvalue weighted by Gasteiger charge is -2.10. The number of ether oxygens (including phenoxy) is 1. The number of hydrogen-bond donors (Lipinski definition) is 1. The Labute approximate surface area is 130 Å². The van der Waals surface area contributed by atoms with Crippen molar-refractivity contribution in [3.8, 4) is 12.3 Å². The van der Waals surface area contributed by atoms with Gasteiger partial charge in [0.2, 0.25) is 5.91 Å². The van der Waals surface area contributed by atoms with E-state index in [2.05, 4.69) is 33.6 Å². The van der Waals surface area contributed by atoms with Crippen molar-refractivity contribution in [3.63, 3.8) is 0 Å². The number of fused-ring (bicyclic) bond motifs is 1. The summed E-state index contributed by atoms with van der Waals surface area (Å²) >= 11 is 0. The van der Waals surface area contributed by atoms with E-state index in [1.54, 1.807) is 0 Å². The Morgan fingerprint density at radius 1 is 1.32 bits per heavy atom. The molecule has 5 heteroatoms. The molecule has 0 saturated carbocycles. The normalized spacial score (nSPS) is 16.9. The molecule has 3 rings (SSSR count). The highest BCUT2D eigenvalue weighted by atomic mass is 16.5. The molecule has 2 heterocycles. The predicted molar refractivity (Wildman–Crippen MR) is 81.7 cm³/mol. The third kappa shape index (κ3) is 3.52. The van der Waals surface area contributed by atoms with Gasteiger partial charge < -0.3 is 10.1 Å². The van der Waals surface area contributed by atoms with E-state index in [9.17, 15) is 4.79 Å². The third-order valence-electron chi connectivity index (χ3n) is 4.08. The van der Waals surface area contributed by atoms with Gasteiger partial charge in [-0.3, -0.25) is 4.79 Å². The topological polar surface area (TPSA) is 63.0 Å². The van der Waals surface area contributed by atoms with E-state index < -0.39 is 0 Å². The molecule has 1 aromatic carbocycles. The number of nitrogens with one attached hydrogen (secondary N) is 1. The molecule has 1 aromatic rings. The molecule has 0 aromatic heterocycles. The van der Waals surface area contributed by atoms with Crippen LogP contribution in [0.15, 0.2) is 28.4 Å². The molecule has 1 N–H and O–H groups in total. The minimum Gasteiger partial charge on any atom is -0.372 e. The first kappa shape index (κ1) is 14.7. The fourth-order valence-corrected chi connectivity index (χ4v) is 2.61. The molecule has 0 fully saturated rings. The van der Waals surface area contributed by atoms with Crippen LogP contribution in [0.3, 0.4) is 0 Å². The number of nitrogens with zero attached hydrogens (tertiary/aromatic N) is 2. The lowest BCUT2D eigenvalue weighted by Crippen LogP contribution is -2.24. The molecule has 114 valence electrons.